The van der Waals surface area contributed by atoms with Crippen LogP contribution in [0, 0.1) is 56.7 Å². The van der Waals surface area contributed by atoms with Gasteiger partial charge in [-0.15, -0.1) is 0 Å². The van der Waals surface area contributed by atoms with Crippen LogP contribution in [0.1, 0.15) is 106 Å². The minimum absolute atomic E-state index is 0.0202. The van der Waals surface area contributed by atoms with Crippen LogP contribution >= 0.6 is 0 Å². The zero-order valence-electron chi connectivity index (χ0n) is 22.0. The second-order valence-corrected chi connectivity index (χ2v) is 14.5. The first kappa shape index (κ1) is 23.9. The highest BCUT2D eigenvalue weighted by Crippen LogP contribution is 2.77. The van der Waals surface area contributed by atoms with E-state index in [0.717, 1.165) is 38.5 Å². The van der Waals surface area contributed by atoms with Crippen LogP contribution < -0.4 is 0 Å². The fourth-order valence-corrected chi connectivity index (χ4v) is 11.5. The first-order chi connectivity index (χ1) is 15.3. The van der Waals surface area contributed by atoms with Crippen molar-refractivity contribution in [3.8, 4) is 0 Å². The van der Waals surface area contributed by atoms with Crippen molar-refractivity contribution in [2.24, 2.45) is 56.7 Å². The number of fused-ring (bicyclic) bond motifs is 7. The Morgan fingerprint density at radius 3 is 2.15 bits per heavy atom. The molecule has 0 aromatic rings. The van der Waals surface area contributed by atoms with E-state index in [-0.39, 0.29) is 33.7 Å². The molecule has 186 valence electrons. The zero-order chi connectivity index (χ0) is 24.2. The second kappa shape index (κ2) is 7.11. The summed E-state index contributed by atoms with van der Waals surface area (Å²) in [6, 6.07) is 0. The molecule has 0 aliphatic heterocycles. The van der Waals surface area contributed by atoms with Crippen LogP contribution in [0.15, 0.2) is 12.2 Å². The minimum atomic E-state index is -0.538. The summed E-state index contributed by atoms with van der Waals surface area (Å²) in [5.41, 5.74) is 1.35. The summed E-state index contributed by atoms with van der Waals surface area (Å²) in [6.07, 6.45) is 10.5. The highest BCUT2D eigenvalue weighted by atomic mass is 16.4. The van der Waals surface area contributed by atoms with Gasteiger partial charge < -0.3 is 10.2 Å². The van der Waals surface area contributed by atoms with E-state index in [1.807, 2.05) is 0 Å². The molecule has 0 aromatic heterocycles. The van der Waals surface area contributed by atoms with Gasteiger partial charge in [0.25, 0.3) is 0 Å². The molecule has 3 heteroatoms. The van der Waals surface area contributed by atoms with Crippen molar-refractivity contribution < 1.29 is 15.0 Å². The van der Waals surface area contributed by atoms with E-state index >= 15 is 0 Å². The first-order valence-electron chi connectivity index (χ1n) is 13.8. The van der Waals surface area contributed by atoms with Crippen molar-refractivity contribution in [2.45, 2.75) is 112 Å². The van der Waals surface area contributed by atoms with Crippen LogP contribution in [0.4, 0.5) is 0 Å². The van der Waals surface area contributed by atoms with E-state index in [2.05, 4.69) is 48.1 Å². The zero-order valence-corrected chi connectivity index (χ0v) is 22.0. The SMILES string of the molecule is C=C(C)[C@H]1CC[C@]2(C(=O)O)CC[C@]3(C)[C@H](CC[C@@H]4[C@@]5(C)CC[C@H](O)C(C)(C)[C@@H]5CC[C@]43C)[C@@H]12. The van der Waals surface area contributed by atoms with E-state index in [0.29, 0.717) is 23.7 Å². The first-order valence-corrected chi connectivity index (χ1v) is 13.8. The fourth-order valence-electron chi connectivity index (χ4n) is 11.5. The summed E-state index contributed by atoms with van der Waals surface area (Å²) < 4.78 is 0. The second-order valence-electron chi connectivity index (χ2n) is 14.5. The summed E-state index contributed by atoms with van der Waals surface area (Å²) in [6.45, 7) is 18.8. The molecule has 5 saturated carbocycles. The molecule has 10 atom stereocenters. The molecular formula is C30H48O3. The third-order valence-corrected chi connectivity index (χ3v) is 13.5. The molecule has 5 fully saturated rings. The number of aliphatic hydroxyl groups is 1. The number of aliphatic carboxylic acids is 1. The smallest absolute Gasteiger partial charge is 0.309 e. The fraction of sp³-hybridized carbons (Fsp3) is 0.900. The van der Waals surface area contributed by atoms with Crippen LogP contribution in [0.3, 0.4) is 0 Å². The molecule has 0 saturated heterocycles. The summed E-state index contributed by atoms with van der Waals surface area (Å²) in [7, 11) is 0. The van der Waals surface area contributed by atoms with E-state index in [4.69, 9.17) is 0 Å². The normalized spacial score (nSPS) is 55.0. The minimum Gasteiger partial charge on any atom is -0.481 e. The quantitative estimate of drug-likeness (QED) is 0.436. The largest absolute Gasteiger partial charge is 0.481 e. The van der Waals surface area contributed by atoms with E-state index in [1.165, 1.54) is 31.3 Å². The highest BCUT2D eigenvalue weighted by molar-refractivity contribution is 5.76. The number of carboxylic acid groups (broad SMARTS) is 1. The molecule has 3 nitrogen and oxygen atoms in total. The van der Waals surface area contributed by atoms with Gasteiger partial charge in [0, 0.05) is 0 Å². The lowest BCUT2D eigenvalue weighted by molar-refractivity contribution is -0.248. The van der Waals surface area contributed by atoms with Gasteiger partial charge in [0.1, 0.15) is 0 Å². The Balaban J connectivity index is 1.57. The Morgan fingerprint density at radius 2 is 1.52 bits per heavy atom. The topological polar surface area (TPSA) is 57.5 Å². The predicted octanol–water partition coefficient (Wildman–Crippen LogP) is 7.09. The average Bonchev–Trinajstić information content (AvgIpc) is 3.13. The number of aliphatic hydroxyl groups excluding tert-OH is 1. The Bertz CT molecular complexity index is 861. The summed E-state index contributed by atoms with van der Waals surface area (Å²) >= 11 is 0. The average molecular weight is 457 g/mol. The van der Waals surface area contributed by atoms with Crippen molar-refractivity contribution >= 4 is 5.97 Å². The Kier molecular flexibility index (Phi) is 5.15. The van der Waals surface area contributed by atoms with E-state index < -0.39 is 11.4 Å². The van der Waals surface area contributed by atoms with Crippen molar-refractivity contribution in [2.75, 3.05) is 0 Å². The van der Waals surface area contributed by atoms with Gasteiger partial charge >= 0.3 is 5.97 Å². The Labute approximate surface area is 201 Å². The maximum absolute atomic E-state index is 12.8. The molecule has 0 amide bonds. The van der Waals surface area contributed by atoms with Crippen molar-refractivity contribution in [1.82, 2.24) is 0 Å². The van der Waals surface area contributed by atoms with Crippen molar-refractivity contribution in [1.29, 1.82) is 0 Å². The van der Waals surface area contributed by atoms with E-state index in [9.17, 15) is 15.0 Å². The molecule has 5 rings (SSSR count). The summed E-state index contributed by atoms with van der Waals surface area (Å²) in [4.78, 5) is 12.8. The molecule has 2 N–H and O–H groups in total. The molecule has 0 aromatic carbocycles. The van der Waals surface area contributed by atoms with Crippen molar-refractivity contribution in [3.63, 3.8) is 0 Å². The van der Waals surface area contributed by atoms with Crippen LogP contribution in [-0.2, 0) is 4.79 Å². The molecule has 0 unspecified atom stereocenters. The molecule has 0 heterocycles. The van der Waals surface area contributed by atoms with Gasteiger partial charge in [-0.25, -0.2) is 0 Å². The molecule has 5 aliphatic rings. The number of allylic oxidation sites excluding steroid dienone is 1. The van der Waals surface area contributed by atoms with Gasteiger partial charge in [-0.2, -0.15) is 0 Å². The van der Waals surface area contributed by atoms with Gasteiger partial charge in [0.15, 0.2) is 0 Å². The summed E-state index contributed by atoms with van der Waals surface area (Å²) in [5, 5.41) is 21.4. The number of rotatable bonds is 2. The third kappa shape index (κ3) is 2.75. The molecule has 0 spiro atoms. The van der Waals surface area contributed by atoms with Gasteiger partial charge in [0.2, 0.25) is 0 Å². The molecule has 33 heavy (non-hydrogen) atoms. The lowest BCUT2D eigenvalue weighted by Gasteiger charge is -2.72. The lowest BCUT2D eigenvalue weighted by Crippen LogP contribution is -2.67. The third-order valence-electron chi connectivity index (χ3n) is 13.5. The van der Waals surface area contributed by atoms with Crippen LogP contribution in [0.25, 0.3) is 0 Å². The Hall–Kier alpha value is -0.830. The molecule has 0 radical (unpaired) electrons. The van der Waals surface area contributed by atoms with Gasteiger partial charge in [-0.05, 0) is 122 Å². The Morgan fingerprint density at radius 1 is 0.818 bits per heavy atom. The molecular weight excluding hydrogens is 408 g/mol. The number of hydrogen-bond acceptors (Lipinski definition) is 2. The maximum Gasteiger partial charge on any atom is 0.309 e. The number of hydrogen-bond donors (Lipinski definition) is 2. The molecule has 0 bridgehead atoms. The monoisotopic (exact) mass is 456 g/mol. The van der Waals surface area contributed by atoms with Gasteiger partial charge in [-0.1, -0.05) is 46.8 Å². The lowest BCUT2D eigenvalue weighted by atomic mass is 9.32. The van der Waals surface area contributed by atoms with Crippen LogP contribution in [0.2, 0.25) is 0 Å². The van der Waals surface area contributed by atoms with Crippen molar-refractivity contribution in [3.05, 3.63) is 12.2 Å². The summed E-state index contributed by atoms with van der Waals surface area (Å²) in [5.74, 6) is 1.79. The standard InChI is InChI=1S/C30H48O3/c1-18(2)19-10-15-30(25(32)33)17-16-28(6)20(24(19)30)8-9-22-27(5)13-12-23(31)26(3,4)21(27)11-14-29(22,28)7/h19-24,31H,1,8-17H2,2-7H3,(H,32,33)/t19-,20-,21+,22-,23+,24-,27+,28-,29-,30+/m1/s1. The van der Waals surface area contributed by atoms with Gasteiger partial charge in [0.05, 0.1) is 11.5 Å². The van der Waals surface area contributed by atoms with Crippen LogP contribution in [0.5, 0.6) is 0 Å². The van der Waals surface area contributed by atoms with E-state index in [1.54, 1.807) is 0 Å². The number of carboxylic acids is 1. The maximum atomic E-state index is 12.8. The highest BCUT2D eigenvalue weighted by Gasteiger charge is 2.71. The van der Waals surface area contributed by atoms with Crippen LogP contribution in [-0.4, -0.2) is 22.3 Å². The van der Waals surface area contributed by atoms with Gasteiger partial charge in [-0.3, -0.25) is 4.79 Å². The molecule has 5 aliphatic carbocycles. The predicted molar refractivity (Wildman–Crippen MR) is 133 cm³/mol. The number of carbonyl (C=O) groups is 1.